The molecule has 0 saturated carbocycles. The predicted octanol–water partition coefficient (Wildman–Crippen LogP) is 2.09. The lowest BCUT2D eigenvalue weighted by molar-refractivity contribution is 0.198. The molecule has 7 heteroatoms. The molecule has 1 aromatic heterocycles. The molecule has 0 unspecified atom stereocenters. The summed E-state index contributed by atoms with van der Waals surface area (Å²) in [6.45, 7) is 4.33. The van der Waals surface area contributed by atoms with E-state index in [4.69, 9.17) is 11.6 Å². The van der Waals surface area contributed by atoms with Crippen LogP contribution in [-0.2, 0) is 0 Å². The molecular weight excluding hydrogens is 312 g/mol. The van der Waals surface area contributed by atoms with Crippen molar-refractivity contribution in [3.8, 4) is 5.69 Å². The van der Waals surface area contributed by atoms with Crippen LogP contribution in [0.15, 0.2) is 42.6 Å². The Hall–Kier alpha value is -2.18. The Labute approximate surface area is 140 Å². The topological polar surface area (TPSA) is 50.1 Å². The Balaban J connectivity index is 1.57. The van der Waals surface area contributed by atoms with Gasteiger partial charge in [0.2, 0.25) is 0 Å². The lowest BCUT2D eigenvalue weighted by Gasteiger charge is -2.31. The second kappa shape index (κ2) is 7.39. The number of hydrogen-bond donors (Lipinski definition) is 0. The average molecular weight is 331 g/mol. The molecule has 0 radical (unpaired) electrons. The monoisotopic (exact) mass is 330 g/mol. The zero-order chi connectivity index (χ0) is 16.1. The summed E-state index contributed by atoms with van der Waals surface area (Å²) in [6.07, 6.45) is 7.88. The van der Waals surface area contributed by atoms with Gasteiger partial charge in [-0.25, -0.2) is 0 Å². The van der Waals surface area contributed by atoms with Crippen LogP contribution in [-0.4, -0.2) is 63.2 Å². The number of tetrazole rings is 1. The average Bonchev–Trinajstić information content (AvgIpc) is 3.03. The molecule has 120 valence electrons. The van der Waals surface area contributed by atoms with Gasteiger partial charge >= 0.3 is 0 Å². The highest BCUT2D eigenvalue weighted by Crippen LogP contribution is 2.11. The fourth-order valence-electron chi connectivity index (χ4n) is 2.26. The third-order valence-corrected chi connectivity index (χ3v) is 3.93. The molecule has 23 heavy (non-hydrogen) atoms. The Bertz CT molecular complexity index is 683. The SMILES string of the molecule is CN1CCN(/C=C/C=C/c2nnn(-c3ccc(Cl)cc3)n2)CC1. The van der Waals surface area contributed by atoms with E-state index in [1.807, 2.05) is 30.4 Å². The largest absolute Gasteiger partial charge is 0.375 e. The van der Waals surface area contributed by atoms with E-state index >= 15 is 0 Å². The maximum atomic E-state index is 5.87. The molecule has 0 spiro atoms. The van der Waals surface area contributed by atoms with Gasteiger partial charge in [0.15, 0.2) is 5.82 Å². The summed E-state index contributed by atoms with van der Waals surface area (Å²) in [5.41, 5.74) is 0.828. The maximum Gasteiger partial charge on any atom is 0.198 e. The number of nitrogens with zero attached hydrogens (tertiary/aromatic N) is 6. The van der Waals surface area contributed by atoms with E-state index < -0.39 is 0 Å². The van der Waals surface area contributed by atoms with Crippen LogP contribution in [0.5, 0.6) is 0 Å². The zero-order valence-corrected chi connectivity index (χ0v) is 13.8. The van der Waals surface area contributed by atoms with Crippen molar-refractivity contribution >= 4 is 17.7 Å². The summed E-state index contributed by atoms with van der Waals surface area (Å²) in [6, 6.07) is 7.30. The number of likely N-dealkylation sites (N-methyl/N-ethyl adjacent to an activating group) is 1. The number of hydrogen-bond acceptors (Lipinski definition) is 5. The van der Waals surface area contributed by atoms with Gasteiger partial charge in [-0.3, -0.25) is 0 Å². The first-order valence-electron chi connectivity index (χ1n) is 7.54. The Morgan fingerprint density at radius 3 is 2.52 bits per heavy atom. The highest BCUT2D eigenvalue weighted by molar-refractivity contribution is 6.30. The van der Waals surface area contributed by atoms with E-state index in [1.54, 1.807) is 12.1 Å². The Morgan fingerprint density at radius 1 is 1.04 bits per heavy atom. The van der Waals surface area contributed by atoms with E-state index in [0.717, 1.165) is 31.9 Å². The van der Waals surface area contributed by atoms with Crippen LogP contribution in [0.1, 0.15) is 5.82 Å². The third-order valence-electron chi connectivity index (χ3n) is 3.68. The van der Waals surface area contributed by atoms with Gasteiger partial charge in [-0.2, -0.15) is 0 Å². The van der Waals surface area contributed by atoms with Gasteiger partial charge in [0.05, 0.1) is 5.69 Å². The minimum Gasteiger partial charge on any atom is -0.375 e. The standard InChI is InChI=1S/C16H19ClN6/c1-21-10-12-22(13-11-21)9-3-2-4-16-18-20-23(19-16)15-7-5-14(17)6-8-15/h2-9H,10-13H2,1H3/b4-2+,9-3+. The molecule has 2 heterocycles. The van der Waals surface area contributed by atoms with Crippen molar-refractivity contribution in [3.63, 3.8) is 0 Å². The molecule has 0 bridgehead atoms. The van der Waals surface area contributed by atoms with Gasteiger partial charge in [0.25, 0.3) is 0 Å². The van der Waals surface area contributed by atoms with Crippen LogP contribution in [0.4, 0.5) is 0 Å². The molecule has 0 N–H and O–H groups in total. The summed E-state index contributed by atoms with van der Waals surface area (Å²) < 4.78 is 0. The molecule has 3 rings (SSSR count). The van der Waals surface area contributed by atoms with Crippen molar-refractivity contribution in [1.29, 1.82) is 0 Å². The smallest absolute Gasteiger partial charge is 0.198 e. The molecular formula is C16H19ClN6. The first-order chi connectivity index (χ1) is 11.2. The lowest BCUT2D eigenvalue weighted by atomic mass is 10.3. The van der Waals surface area contributed by atoms with Crippen LogP contribution in [0.2, 0.25) is 5.02 Å². The predicted molar refractivity (Wildman–Crippen MR) is 91.4 cm³/mol. The highest BCUT2D eigenvalue weighted by Gasteiger charge is 2.09. The number of piperazine rings is 1. The minimum absolute atomic E-state index is 0.572. The second-order valence-electron chi connectivity index (χ2n) is 5.45. The second-order valence-corrected chi connectivity index (χ2v) is 5.89. The molecule has 0 atom stereocenters. The van der Waals surface area contributed by atoms with E-state index in [2.05, 4.69) is 38.5 Å². The normalized spacial score (nSPS) is 16.7. The van der Waals surface area contributed by atoms with Crippen molar-refractivity contribution in [1.82, 2.24) is 30.0 Å². The van der Waals surface area contributed by atoms with Gasteiger partial charge < -0.3 is 9.80 Å². The van der Waals surface area contributed by atoms with E-state index in [-0.39, 0.29) is 0 Å². The summed E-state index contributed by atoms with van der Waals surface area (Å²) in [5.74, 6) is 0.572. The zero-order valence-electron chi connectivity index (χ0n) is 13.0. The molecule has 1 aliphatic heterocycles. The molecule has 1 saturated heterocycles. The number of aromatic nitrogens is 4. The quantitative estimate of drug-likeness (QED) is 0.803. The first-order valence-corrected chi connectivity index (χ1v) is 7.92. The highest BCUT2D eigenvalue weighted by atomic mass is 35.5. The van der Waals surface area contributed by atoms with Crippen molar-refractivity contribution < 1.29 is 0 Å². The van der Waals surface area contributed by atoms with Gasteiger partial charge in [0.1, 0.15) is 0 Å². The Morgan fingerprint density at radius 2 is 1.78 bits per heavy atom. The fourth-order valence-corrected chi connectivity index (χ4v) is 2.39. The number of benzene rings is 1. The molecule has 0 amide bonds. The number of rotatable bonds is 4. The molecule has 1 fully saturated rings. The third kappa shape index (κ3) is 4.40. The van der Waals surface area contributed by atoms with E-state index in [0.29, 0.717) is 10.8 Å². The summed E-state index contributed by atoms with van der Waals surface area (Å²) in [5, 5.41) is 13.0. The molecule has 2 aromatic rings. The van der Waals surface area contributed by atoms with Crippen LogP contribution in [0.25, 0.3) is 11.8 Å². The lowest BCUT2D eigenvalue weighted by Crippen LogP contribution is -2.41. The van der Waals surface area contributed by atoms with Gasteiger partial charge in [-0.15, -0.1) is 15.0 Å². The molecule has 1 aromatic carbocycles. The van der Waals surface area contributed by atoms with Crippen molar-refractivity contribution in [2.24, 2.45) is 0 Å². The minimum atomic E-state index is 0.572. The van der Waals surface area contributed by atoms with E-state index in [1.165, 1.54) is 4.80 Å². The van der Waals surface area contributed by atoms with Crippen LogP contribution in [0.3, 0.4) is 0 Å². The fraction of sp³-hybridized carbons (Fsp3) is 0.312. The van der Waals surface area contributed by atoms with Gasteiger partial charge in [-0.1, -0.05) is 17.7 Å². The maximum absolute atomic E-state index is 5.87. The van der Waals surface area contributed by atoms with Crippen molar-refractivity contribution in [2.45, 2.75) is 0 Å². The summed E-state index contributed by atoms with van der Waals surface area (Å²) in [7, 11) is 2.15. The number of halogens is 1. The van der Waals surface area contributed by atoms with Crippen molar-refractivity contribution in [2.75, 3.05) is 33.2 Å². The van der Waals surface area contributed by atoms with Crippen molar-refractivity contribution in [3.05, 3.63) is 53.5 Å². The molecule has 1 aliphatic rings. The summed E-state index contributed by atoms with van der Waals surface area (Å²) >= 11 is 5.87. The van der Waals surface area contributed by atoms with Crippen LogP contribution < -0.4 is 0 Å². The number of allylic oxidation sites excluding steroid dienone is 2. The van der Waals surface area contributed by atoms with Gasteiger partial charge in [0, 0.05) is 31.2 Å². The van der Waals surface area contributed by atoms with Crippen LogP contribution >= 0.6 is 11.6 Å². The summed E-state index contributed by atoms with van der Waals surface area (Å²) in [4.78, 5) is 6.13. The van der Waals surface area contributed by atoms with Gasteiger partial charge in [-0.05, 0) is 54.9 Å². The molecule has 0 aliphatic carbocycles. The molecule has 6 nitrogen and oxygen atoms in total. The van der Waals surface area contributed by atoms with E-state index in [9.17, 15) is 0 Å². The first kappa shape index (κ1) is 15.7. The van der Waals surface area contributed by atoms with Crippen LogP contribution in [0, 0.1) is 0 Å². The Kier molecular flexibility index (Phi) is 5.05.